The van der Waals surface area contributed by atoms with Crippen molar-refractivity contribution in [2.24, 2.45) is 0 Å². The lowest BCUT2D eigenvalue weighted by molar-refractivity contribution is 0.595. The number of nitrogens with two attached hydrogens (primary N) is 1. The monoisotopic (exact) mass is 349 g/mol. The van der Waals surface area contributed by atoms with Gasteiger partial charge in [0.25, 0.3) is 0 Å². The lowest BCUT2D eigenvalue weighted by atomic mass is 10.2. The molecule has 7 heteroatoms. The molecule has 0 radical (unpaired) electrons. The second kappa shape index (κ2) is 5.82. The number of rotatable bonds is 3. The minimum Gasteiger partial charge on any atom is -0.398 e. The highest BCUT2D eigenvalue weighted by Crippen LogP contribution is 2.29. The molecule has 20 heavy (non-hydrogen) atoms. The van der Waals surface area contributed by atoms with Gasteiger partial charge in [0, 0.05) is 15.7 Å². The van der Waals surface area contributed by atoms with Crippen LogP contribution >= 0.6 is 34.8 Å². The van der Waals surface area contributed by atoms with E-state index in [2.05, 4.69) is 0 Å². The van der Waals surface area contributed by atoms with Crippen LogP contribution in [0.5, 0.6) is 0 Å². The maximum absolute atomic E-state index is 12.4. The van der Waals surface area contributed by atoms with Crippen LogP contribution in [0.15, 0.2) is 41.3 Å². The van der Waals surface area contributed by atoms with Crippen molar-refractivity contribution in [1.29, 1.82) is 0 Å². The second-order valence-corrected chi connectivity index (χ2v) is 7.42. The number of anilines is 1. The molecule has 2 rings (SSSR count). The van der Waals surface area contributed by atoms with Gasteiger partial charge in [-0.3, -0.25) is 0 Å². The molecule has 3 nitrogen and oxygen atoms in total. The van der Waals surface area contributed by atoms with E-state index in [0.29, 0.717) is 21.3 Å². The average molecular weight is 351 g/mol. The average Bonchev–Trinajstić information content (AvgIpc) is 2.36. The SMILES string of the molecule is Nc1ccc(Cl)cc1CS(=O)(=O)c1cc(Cl)ccc1Cl. The van der Waals surface area contributed by atoms with Crippen LogP contribution in [0.4, 0.5) is 5.69 Å². The highest BCUT2D eigenvalue weighted by Gasteiger charge is 2.20. The van der Waals surface area contributed by atoms with Gasteiger partial charge in [0.15, 0.2) is 9.84 Å². The van der Waals surface area contributed by atoms with Crippen LogP contribution < -0.4 is 5.73 Å². The summed E-state index contributed by atoms with van der Waals surface area (Å²) >= 11 is 17.6. The smallest absolute Gasteiger partial charge is 0.184 e. The molecule has 0 fully saturated rings. The van der Waals surface area contributed by atoms with Crippen molar-refractivity contribution in [2.75, 3.05) is 5.73 Å². The number of benzene rings is 2. The van der Waals surface area contributed by atoms with Crippen molar-refractivity contribution in [2.45, 2.75) is 10.6 Å². The largest absolute Gasteiger partial charge is 0.398 e. The van der Waals surface area contributed by atoms with Crippen LogP contribution in [0, 0.1) is 0 Å². The summed E-state index contributed by atoms with van der Waals surface area (Å²) in [5.41, 5.74) is 6.54. The zero-order chi connectivity index (χ0) is 14.9. The molecule has 0 aliphatic rings. The minimum absolute atomic E-state index is 0.0222. The Kier molecular flexibility index (Phi) is 4.49. The van der Waals surface area contributed by atoms with Crippen molar-refractivity contribution in [3.8, 4) is 0 Å². The van der Waals surface area contributed by atoms with Crippen molar-refractivity contribution in [3.05, 3.63) is 57.0 Å². The predicted molar refractivity (Wildman–Crippen MR) is 83.2 cm³/mol. The molecule has 2 N–H and O–H groups in total. The summed E-state index contributed by atoms with van der Waals surface area (Å²) in [5.74, 6) is -0.292. The maximum Gasteiger partial charge on any atom is 0.184 e. The van der Waals surface area contributed by atoms with Gasteiger partial charge in [-0.05, 0) is 42.0 Å². The molecular formula is C13H10Cl3NO2S. The van der Waals surface area contributed by atoms with Gasteiger partial charge in [0.2, 0.25) is 0 Å². The topological polar surface area (TPSA) is 60.2 Å². The number of halogens is 3. The van der Waals surface area contributed by atoms with Gasteiger partial charge in [-0.25, -0.2) is 8.42 Å². The summed E-state index contributed by atoms with van der Waals surface area (Å²) in [6, 6.07) is 8.97. The van der Waals surface area contributed by atoms with Gasteiger partial charge in [-0.15, -0.1) is 0 Å². The summed E-state index contributed by atoms with van der Waals surface area (Å²) in [6.07, 6.45) is 0. The molecule has 0 aromatic heterocycles. The van der Waals surface area contributed by atoms with Crippen molar-refractivity contribution in [3.63, 3.8) is 0 Å². The number of nitrogen functional groups attached to an aromatic ring is 1. The van der Waals surface area contributed by atoms with E-state index in [-0.39, 0.29) is 15.7 Å². The Morgan fingerprint density at radius 1 is 0.950 bits per heavy atom. The molecule has 0 atom stereocenters. The first-order valence-electron chi connectivity index (χ1n) is 5.51. The van der Waals surface area contributed by atoms with E-state index in [1.54, 1.807) is 12.1 Å². The zero-order valence-corrected chi connectivity index (χ0v) is 13.2. The van der Waals surface area contributed by atoms with Gasteiger partial charge in [0.1, 0.15) is 0 Å². The Bertz CT molecular complexity index is 760. The Labute approximate surface area is 132 Å². The number of hydrogen-bond acceptors (Lipinski definition) is 3. The van der Waals surface area contributed by atoms with E-state index in [9.17, 15) is 8.42 Å². The zero-order valence-electron chi connectivity index (χ0n) is 10.1. The molecule has 2 aromatic carbocycles. The molecule has 0 heterocycles. The van der Waals surface area contributed by atoms with Crippen molar-refractivity contribution < 1.29 is 8.42 Å². The molecule has 0 saturated carbocycles. The molecule has 0 saturated heterocycles. The lowest BCUT2D eigenvalue weighted by Gasteiger charge is -2.09. The maximum atomic E-state index is 12.4. The van der Waals surface area contributed by atoms with E-state index in [4.69, 9.17) is 40.5 Å². The van der Waals surface area contributed by atoms with Crippen LogP contribution in [-0.2, 0) is 15.6 Å². The summed E-state index contributed by atoms with van der Waals surface area (Å²) < 4.78 is 24.8. The Morgan fingerprint density at radius 2 is 1.55 bits per heavy atom. The highest BCUT2D eigenvalue weighted by molar-refractivity contribution is 7.90. The summed E-state index contributed by atoms with van der Waals surface area (Å²) in [4.78, 5) is -0.0222. The molecule has 0 unspecified atom stereocenters. The fraction of sp³-hybridized carbons (Fsp3) is 0.0769. The fourth-order valence-electron chi connectivity index (χ4n) is 1.70. The molecule has 0 bridgehead atoms. The molecular weight excluding hydrogens is 341 g/mol. The third kappa shape index (κ3) is 3.38. The van der Waals surface area contributed by atoms with Crippen molar-refractivity contribution in [1.82, 2.24) is 0 Å². The standard InChI is InChI=1S/C13H10Cl3NO2S/c14-9-2-4-12(17)8(5-9)7-20(18,19)13-6-10(15)1-3-11(13)16/h1-6H,7,17H2. The molecule has 106 valence electrons. The van der Waals surface area contributed by atoms with Gasteiger partial charge in [0.05, 0.1) is 15.7 Å². The van der Waals surface area contributed by atoms with Crippen LogP contribution in [0.1, 0.15) is 5.56 Å². The van der Waals surface area contributed by atoms with Crippen LogP contribution in [0.2, 0.25) is 15.1 Å². The van der Waals surface area contributed by atoms with E-state index < -0.39 is 9.84 Å². The first-order chi connectivity index (χ1) is 9.29. The van der Waals surface area contributed by atoms with E-state index in [0.717, 1.165) is 0 Å². The summed E-state index contributed by atoms with van der Waals surface area (Å²) in [6.45, 7) is 0. The first-order valence-corrected chi connectivity index (χ1v) is 8.30. The van der Waals surface area contributed by atoms with Crippen LogP contribution in [-0.4, -0.2) is 8.42 Å². The third-order valence-electron chi connectivity index (χ3n) is 2.68. The normalized spacial score (nSPS) is 11.6. The number of sulfone groups is 1. The van der Waals surface area contributed by atoms with Gasteiger partial charge >= 0.3 is 0 Å². The molecule has 0 aliphatic heterocycles. The Balaban J connectivity index is 2.46. The molecule has 0 amide bonds. The lowest BCUT2D eigenvalue weighted by Crippen LogP contribution is -2.07. The summed E-state index contributed by atoms with van der Waals surface area (Å²) in [5, 5.41) is 0.837. The molecule has 0 aliphatic carbocycles. The van der Waals surface area contributed by atoms with Crippen molar-refractivity contribution >= 4 is 50.3 Å². The summed E-state index contributed by atoms with van der Waals surface area (Å²) in [7, 11) is -3.66. The highest BCUT2D eigenvalue weighted by atomic mass is 35.5. The predicted octanol–water partition coefficient (Wildman–Crippen LogP) is 4.20. The quantitative estimate of drug-likeness (QED) is 0.844. The first kappa shape index (κ1) is 15.4. The molecule has 0 spiro atoms. The van der Waals surface area contributed by atoms with Crippen LogP contribution in [0.3, 0.4) is 0 Å². The van der Waals surface area contributed by atoms with E-state index in [1.807, 2.05) is 0 Å². The van der Waals surface area contributed by atoms with Gasteiger partial charge < -0.3 is 5.73 Å². The van der Waals surface area contributed by atoms with Crippen LogP contribution in [0.25, 0.3) is 0 Å². The van der Waals surface area contributed by atoms with E-state index >= 15 is 0 Å². The van der Waals surface area contributed by atoms with Gasteiger partial charge in [-0.1, -0.05) is 34.8 Å². The number of hydrogen-bond donors (Lipinski definition) is 1. The minimum atomic E-state index is -3.66. The second-order valence-electron chi connectivity index (χ2n) is 4.18. The Morgan fingerprint density at radius 3 is 2.25 bits per heavy atom. The molecule has 2 aromatic rings. The van der Waals surface area contributed by atoms with Gasteiger partial charge in [-0.2, -0.15) is 0 Å². The fourth-order valence-corrected chi connectivity index (χ4v) is 4.09. The third-order valence-corrected chi connectivity index (χ3v) is 5.29. The van der Waals surface area contributed by atoms with E-state index in [1.165, 1.54) is 24.3 Å². The Hall–Kier alpha value is -0.940.